The van der Waals surface area contributed by atoms with Gasteiger partial charge in [-0.25, -0.2) is 0 Å². The van der Waals surface area contributed by atoms with E-state index in [-0.39, 0.29) is 5.60 Å². The molecule has 5 rings (SSSR count). The maximum absolute atomic E-state index is 6.09. The molecule has 0 N–H and O–H groups in total. The van der Waals surface area contributed by atoms with Gasteiger partial charge in [0.2, 0.25) is 0 Å². The molecule has 0 aliphatic heterocycles. The topological polar surface area (TPSA) is 18.5 Å². The number of rotatable bonds is 3. The molecule has 1 aromatic rings. The average molecular weight is 284 g/mol. The summed E-state index contributed by atoms with van der Waals surface area (Å²) in [5.41, 5.74) is 2.82. The Hall–Kier alpha value is -1.28. The largest absolute Gasteiger partial charge is 0.497 e. The van der Waals surface area contributed by atoms with Crippen LogP contribution in [0.15, 0.2) is 29.8 Å². The van der Waals surface area contributed by atoms with E-state index in [0.29, 0.717) is 0 Å². The van der Waals surface area contributed by atoms with Crippen molar-refractivity contribution in [3.63, 3.8) is 0 Å². The van der Waals surface area contributed by atoms with Crippen molar-refractivity contribution in [3.8, 4) is 5.75 Å². The quantitative estimate of drug-likeness (QED) is 0.823. The summed E-state index contributed by atoms with van der Waals surface area (Å²) in [5, 5.41) is 0. The van der Waals surface area contributed by atoms with E-state index in [1.54, 1.807) is 12.7 Å². The molecule has 4 saturated carbocycles. The monoisotopic (exact) mass is 284 g/mol. The van der Waals surface area contributed by atoms with E-state index < -0.39 is 0 Å². The minimum absolute atomic E-state index is 0.0256. The van der Waals surface area contributed by atoms with Crippen LogP contribution < -0.4 is 4.74 Å². The molecule has 4 aliphatic carbocycles. The lowest BCUT2D eigenvalue weighted by molar-refractivity contribution is -0.0997. The maximum Gasteiger partial charge on any atom is 0.119 e. The number of hydrogen-bond acceptors (Lipinski definition) is 2. The van der Waals surface area contributed by atoms with E-state index in [1.165, 1.54) is 37.7 Å². The molecule has 0 aromatic heterocycles. The predicted molar refractivity (Wildman–Crippen MR) is 84.3 cm³/mol. The van der Waals surface area contributed by atoms with E-state index in [1.807, 2.05) is 13.2 Å². The summed E-state index contributed by atoms with van der Waals surface area (Å²) in [4.78, 5) is 0. The van der Waals surface area contributed by atoms with Gasteiger partial charge in [-0.05, 0) is 73.1 Å². The number of benzene rings is 1. The van der Waals surface area contributed by atoms with Crippen LogP contribution in [-0.2, 0) is 4.74 Å². The lowest BCUT2D eigenvalue weighted by Gasteiger charge is -2.57. The van der Waals surface area contributed by atoms with Crippen molar-refractivity contribution in [2.45, 2.75) is 37.7 Å². The molecule has 4 bridgehead atoms. The molecule has 2 unspecified atom stereocenters. The first-order valence-electron chi connectivity index (χ1n) is 8.14. The Balaban J connectivity index is 1.74. The van der Waals surface area contributed by atoms with E-state index >= 15 is 0 Å². The van der Waals surface area contributed by atoms with Crippen molar-refractivity contribution in [3.05, 3.63) is 35.4 Å². The fourth-order valence-corrected chi connectivity index (χ4v) is 5.22. The summed E-state index contributed by atoms with van der Waals surface area (Å²) >= 11 is 0. The van der Waals surface area contributed by atoms with E-state index in [9.17, 15) is 0 Å². The Morgan fingerprint density at radius 3 is 2.52 bits per heavy atom. The van der Waals surface area contributed by atoms with Gasteiger partial charge in [0.05, 0.1) is 12.7 Å². The first kappa shape index (κ1) is 13.4. The third-order valence-corrected chi connectivity index (χ3v) is 5.91. The molecule has 2 nitrogen and oxygen atoms in total. The fraction of sp³-hybridized carbons (Fsp3) is 0.579. The molecular formula is C19H24O2. The number of methoxy groups -OCH3 is 2. The van der Waals surface area contributed by atoms with Gasteiger partial charge in [-0.15, -0.1) is 0 Å². The number of ether oxygens (including phenoxy) is 2. The normalized spacial score (nSPS) is 39.0. The highest BCUT2D eigenvalue weighted by molar-refractivity contribution is 5.59. The highest BCUT2D eigenvalue weighted by Crippen LogP contribution is 2.59. The van der Waals surface area contributed by atoms with Gasteiger partial charge in [-0.1, -0.05) is 18.2 Å². The Kier molecular flexibility index (Phi) is 3.11. The lowest BCUT2D eigenvalue weighted by atomic mass is 9.52. The van der Waals surface area contributed by atoms with Crippen LogP contribution in [0.5, 0.6) is 5.75 Å². The van der Waals surface area contributed by atoms with Crippen LogP contribution >= 0.6 is 0 Å². The molecule has 0 saturated heterocycles. The molecule has 0 heterocycles. The fourth-order valence-electron chi connectivity index (χ4n) is 5.22. The Labute approximate surface area is 127 Å². The van der Waals surface area contributed by atoms with Crippen LogP contribution in [0.4, 0.5) is 0 Å². The number of hydrogen-bond donors (Lipinski definition) is 0. The zero-order valence-corrected chi connectivity index (χ0v) is 13.0. The van der Waals surface area contributed by atoms with Gasteiger partial charge in [0.1, 0.15) is 5.75 Å². The molecule has 1 aromatic carbocycles. The van der Waals surface area contributed by atoms with Gasteiger partial charge in [-0.3, -0.25) is 0 Å². The first-order chi connectivity index (χ1) is 10.2. The molecule has 4 aliphatic rings. The molecule has 0 amide bonds. The summed E-state index contributed by atoms with van der Waals surface area (Å²) in [5.74, 6) is 3.46. The molecular weight excluding hydrogens is 260 g/mol. The van der Waals surface area contributed by atoms with Gasteiger partial charge in [0.15, 0.2) is 0 Å². The van der Waals surface area contributed by atoms with Crippen LogP contribution in [0, 0.1) is 17.8 Å². The predicted octanol–water partition coefficient (Wildman–Crippen LogP) is 4.30. The lowest BCUT2D eigenvalue weighted by Crippen LogP contribution is -2.53. The zero-order chi connectivity index (χ0) is 14.4. The Bertz CT molecular complexity index is 561. The average Bonchev–Trinajstić information content (AvgIpc) is 2.50. The van der Waals surface area contributed by atoms with Crippen LogP contribution in [0.1, 0.15) is 37.7 Å². The third-order valence-electron chi connectivity index (χ3n) is 5.91. The van der Waals surface area contributed by atoms with E-state index in [2.05, 4.69) is 24.3 Å². The summed E-state index contributed by atoms with van der Waals surface area (Å²) < 4.78 is 11.4. The highest BCUT2D eigenvalue weighted by Gasteiger charge is 2.54. The molecule has 2 heteroatoms. The summed E-state index contributed by atoms with van der Waals surface area (Å²) in [6.45, 7) is 0. The van der Waals surface area contributed by atoms with E-state index in [0.717, 1.165) is 23.5 Å². The summed E-state index contributed by atoms with van der Waals surface area (Å²) in [6.07, 6.45) is 9.02. The molecule has 0 spiro atoms. The zero-order valence-electron chi connectivity index (χ0n) is 13.0. The molecule has 0 radical (unpaired) electrons. The smallest absolute Gasteiger partial charge is 0.119 e. The van der Waals surface area contributed by atoms with Gasteiger partial charge >= 0.3 is 0 Å². The van der Waals surface area contributed by atoms with Crippen LogP contribution in [0.3, 0.4) is 0 Å². The van der Waals surface area contributed by atoms with Gasteiger partial charge in [-0.2, -0.15) is 0 Å². The van der Waals surface area contributed by atoms with Crippen molar-refractivity contribution in [1.29, 1.82) is 0 Å². The Morgan fingerprint density at radius 2 is 1.86 bits per heavy atom. The second-order valence-electron chi connectivity index (χ2n) is 7.12. The van der Waals surface area contributed by atoms with Crippen molar-refractivity contribution in [1.82, 2.24) is 0 Å². The van der Waals surface area contributed by atoms with Crippen molar-refractivity contribution >= 4 is 6.08 Å². The highest BCUT2D eigenvalue weighted by atomic mass is 16.5. The standard InChI is InChI=1S/C19H24O2/c1-20-17-5-3-4-13(9-17)10-18-16-7-14-6-15(8-16)12-19(18,11-14)21-2/h3-5,9-10,14-16H,6-8,11-12H2,1-2H3. The summed E-state index contributed by atoms with van der Waals surface area (Å²) in [7, 11) is 3.64. The van der Waals surface area contributed by atoms with Gasteiger partial charge < -0.3 is 9.47 Å². The minimum atomic E-state index is 0.0256. The molecule has 21 heavy (non-hydrogen) atoms. The van der Waals surface area contributed by atoms with Crippen molar-refractivity contribution in [2.24, 2.45) is 17.8 Å². The minimum Gasteiger partial charge on any atom is -0.497 e. The van der Waals surface area contributed by atoms with Crippen molar-refractivity contribution < 1.29 is 9.47 Å². The molecule has 112 valence electrons. The second-order valence-corrected chi connectivity index (χ2v) is 7.12. The summed E-state index contributed by atoms with van der Waals surface area (Å²) in [6, 6.07) is 8.37. The first-order valence-corrected chi connectivity index (χ1v) is 8.14. The second kappa shape index (κ2) is 4.88. The van der Waals surface area contributed by atoms with E-state index in [4.69, 9.17) is 9.47 Å². The third kappa shape index (κ3) is 2.12. The SMILES string of the molecule is COc1cccc(C=C2C3CC4CC(C3)CC2(OC)C4)c1. The van der Waals surface area contributed by atoms with Gasteiger partial charge in [0.25, 0.3) is 0 Å². The Morgan fingerprint density at radius 1 is 1.10 bits per heavy atom. The molecule has 2 atom stereocenters. The molecule has 4 fully saturated rings. The maximum atomic E-state index is 6.09. The van der Waals surface area contributed by atoms with Crippen molar-refractivity contribution in [2.75, 3.05) is 14.2 Å². The van der Waals surface area contributed by atoms with Crippen LogP contribution in [0.2, 0.25) is 0 Å². The van der Waals surface area contributed by atoms with Crippen LogP contribution in [0.25, 0.3) is 6.08 Å². The van der Waals surface area contributed by atoms with Gasteiger partial charge in [0, 0.05) is 7.11 Å². The van der Waals surface area contributed by atoms with Crippen LogP contribution in [-0.4, -0.2) is 19.8 Å².